The van der Waals surface area contributed by atoms with E-state index in [0.717, 1.165) is 4.90 Å². The number of hydrogen-bond acceptors (Lipinski definition) is 16. The van der Waals surface area contributed by atoms with E-state index in [1.165, 1.54) is 0 Å². The van der Waals surface area contributed by atoms with Crippen molar-refractivity contribution in [1.29, 1.82) is 0 Å². The second-order valence-corrected chi connectivity index (χ2v) is 18.2. The van der Waals surface area contributed by atoms with E-state index >= 15 is 0 Å². The number of nitrogens with one attached hydrogen (secondary N) is 2. The molecule has 2 aliphatic heterocycles. The minimum atomic E-state index is -1.47. The number of imide groups is 2. The molecule has 0 aliphatic carbocycles. The molecule has 1 aromatic carbocycles. The maximum atomic E-state index is 13.2. The monoisotopic (exact) mass is 829 g/mol. The molecule has 19 heteroatoms. The van der Waals surface area contributed by atoms with Gasteiger partial charge in [0.1, 0.15) is 6.04 Å². The van der Waals surface area contributed by atoms with Gasteiger partial charge in [-0.05, 0) is 38.2 Å². The maximum absolute atomic E-state index is 13.2. The zero-order valence-corrected chi connectivity index (χ0v) is 34.9. The van der Waals surface area contributed by atoms with Gasteiger partial charge in [-0.1, -0.05) is 6.07 Å². The first-order valence-corrected chi connectivity index (χ1v) is 23.1. The third kappa shape index (κ3) is 20.6. The van der Waals surface area contributed by atoms with Crippen molar-refractivity contribution >= 4 is 37.6 Å². The molecule has 1 aromatic rings. The maximum Gasteiger partial charge on any atom is 0.264 e. The molecule has 324 valence electrons. The highest BCUT2D eigenvalue weighted by atomic mass is 28.4. The molecule has 4 amide bonds. The van der Waals surface area contributed by atoms with Crippen LogP contribution in [-0.2, 0) is 61.4 Å². The molecule has 57 heavy (non-hydrogen) atoms. The van der Waals surface area contributed by atoms with E-state index in [1.54, 1.807) is 18.2 Å². The summed E-state index contributed by atoms with van der Waals surface area (Å²) >= 11 is 0. The van der Waals surface area contributed by atoms with Gasteiger partial charge in [0.15, 0.2) is 8.32 Å². The average Bonchev–Trinajstić information content (AvgIpc) is 3.43. The molecule has 0 radical (unpaired) electrons. The van der Waals surface area contributed by atoms with Crippen LogP contribution in [-0.4, -0.2) is 188 Å². The fraction of sp³-hybridized carbons (Fsp3) is 0.737. The topological polar surface area (TPSA) is 197 Å². The van der Waals surface area contributed by atoms with Gasteiger partial charge < -0.3 is 57.1 Å². The second-order valence-electron chi connectivity index (χ2n) is 13.7. The Morgan fingerprint density at radius 1 is 0.579 bits per heavy atom. The Morgan fingerprint density at radius 3 is 1.39 bits per heavy atom. The van der Waals surface area contributed by atoms with Crippen molar-refractivity contribution in [3.63, 3.8) is 0 Å². The molecular weight excluding hydrogens is 767 g/mol. The largest absolute Gasteiger partial charge is 0.415 e. The summed E-state index contributed by atoms with van der Waals surface area (Å²) in [4.78, 5) is 50.9. The first-order chi connectivity index (χ1) is 27.7. The molecule has 2 heterocycles. The van der Waals surface area contributed by atoms with Gasteiger partial charge >= 0.3 is 0 Å². The summed E-state index contributed by atoms with van der Waals surface area (Å²) in [6.07, 6.45) is 0.169. The number of hydrogen-bond donors (Lipinski definition) is 2. The summed E-state index contributed by atoms with van der Waals surface area (Å²) < 4.78 is 60.7. The lowest BCUT2D eigenvalue weighted by Crippen LogP contribution is -2.54. The summed E-state index contributed by atoms with van der Waals surface area (Å²) in [5.74, 6) is -2.17. The normalized spacial score (nSPS) is 15.8. The zero-order valence-electron chi connectivity index (χ0n) is 33.9. The Bertz CT molecular complexity index is 1320. The van der Waals surface area contributed by atoms with Gasteiger partial charge in [0.05, 0.1) is 150 Å². The van der Waals surface area contributed by atoms with E-state index in [0.29, 0.717) is 151 Å². The number of carbonyl (C=O) groups excluding carboxylic acids is 4. The molecule has 0 spiro atoms. The summed E-state index contributed by atoms with van der Waals surface area (Å²) in [5, 5.41) is 5.33. The van der Waals surface area contributed by atoms with Gasteiger partial charge in [-0.15, -0.1) is 0 Å². The van der Waals surface area contributed by atoms with Crippen LogP contribution < -0.4 is 10.6 Å². The Hall–Kier alpha value is -2.92. The number of ether oxygens (including phenoxy) is 10. The molecular formula is C38H63N3O15Si. The van der Waals surface area contributed by atoms with Gasteiger partial charge in [0, 0.05) is 18.7 Å². The summed E-state index contributed by atoms with van der Waals surface area (Å²) in [7, 11) is -1.47. The fourth-order valence-corrected chi connectivity index (χ4v) is 6.10. The third-order valence-corrected chi connectivity index (χ3v) is 9.21. The number of anilines is 1. The standard InChI is InChI=1S/C38H63N3O15Si/c1-57(2,3)56-30-29-55-28-27-54-26-25-53-24-23-52-22-21-51-20-19-50-18-17-49-16-15-48-14-13-47-12-11-46-10-9-39-32-6-4-5-31-35(32)38(45)41(37(31)44)33-7-8-34(42)40-36(33)43/h4-6,33,39H,7-30H2,1-3H3,(H,40,42,43). The highest BCUT2D eigenvalue weighted by molar-refractivity contribution is 6.69. The predicted molar refractivity (Wildman–Crippen MR) is 209 cm³/mol. The van der Waals surface area contributed by atoms with Crippen LogP contribution in [0.1, 0.15) is 33.6 Å². The molecule has 0 saturated carbocycles. The van der Waals surface area contributed by atoms with Crippen LogP contribution in [0.15, 0.2) is 18.2 Å². The lowest BCUT2D eigenvalue weighted by atomic mass is 10.0. The van der Waals surface area contributed by atoms with Crippen LogP contribution in [0.4, 0.5) is 5.69 Å². The van der Waals surface area contributed by atoms with Crippen LogP contribution in [0.3, 0.4) is 0 Å². The number of piperidine rings is 1. The molecule has 1 unspecified atom stereocenters. The summed E-state index contributed by atoms with van der Waals surface area (Å²) in [6.45, 7) is 16.9. The number of amides is 4. The first-order valence-electron chi connectivity index (χ1n) is 19.7. The van der Waals surface area contributed by atoms with Crippen molar-refractivity contribution in [2.24, 2.45) is 0 Å². The van der Waals surface area contributed by atoms with Gasteiger partial charge in [-0.2, -0.15) is 0 Å². The molecule has 1 fully saturated rings. The van der Waals surface area contributed by atoms with Crippen LogP contribution in [0.5, 0.6) is 0 Å². The zero-order chi connectivity index (χ0) is 41.0. The molecule has 1 saturated heterocycles. The second kappa shape index (κ2) is 29.3. The number of carbonyl (C=O) groups is 4. The van der Waals surface area contributed by atoms with Gasteiger partial charge in [-0.25, -0.2) is 0 Å². The first kappa shape index (κ1) is 48.4. The lowest BCUT2D eigenvalue weighted by Gasteiger charge is -2.27. The summed E-state index contributed by atoms with van der Waals surface area (Å²) in [6, 6.07) is 3.91. The smallest absolute Gasteiger partial charge is 0.264 e. The van der Waals surface area contributed by atoms with Crippen molar-refractivity contribution in [3.05, 3.63) is 29.3 Å². The number of fused-ring (bicyclic) bond motifs is 1. The van der Waals surface area contributed by atoms with Gasteiger partial charge in [-0.3, -0.25) is 29.4 Å². The van der Waals surface area contributed by atoms with Gasteiger partial charge in [0.2, 0.25) is 11.8 Å². The van der Waals surface area contributed by atoms with Crippen molar-refractivity contribution in [1.82, 2.24) is 10.2 Å². The van der Waals surface area contributed by atoms with Crippen LogP contribution >= 0.6 is 0 Å². The molecule has 3 rings (SSSR count). The minimum Gasteiger partial charge on any atom is -0.415 e. The van der Waals surface area contributed by atoms with E-state index < -0.39 is 38.0 Å². The molecule has 2 N–H and O–H groups in total. The fourth-order valence-electron chi connectivity index (χ4n) is 5.41. The van der Waals surface area contributed by atoms with Crippen LogP contribution in [0.25, 0.3) is 0 Å². The molecule has 18 nitrogen and oxygen atoms in total. The Labute approximate surface area is 336 Å². The molecule has 1 atom stereocenters. The average molecular weight is 830 g/mol. The lowest BCUT2D eigenvalue weighted by molar-refractivity contribution is -0.136. The van der Waals surface area contributed by atoms with E-state index in [2.05, 4.69) is 30.3 Å². The van der Waals surface area contributed by atoms with Crippen LogP contribution in [0.2, 0.25) is 19.6 Å². The van der Waals surface area contributed by atoms with E-state index in [1.807, 2.05) is 0 Å². The quantitative estimate of drug-likeness (QED) is 0.0561. The number of nitrogens with zero attached hydrogens (tertiary/aromatic N) is 1. The van der Waals surface area contributed by atoms with E-state index in [4.69, 9.17) is 51.8 Å². The number of benzene rings is 1. The van der Waals surface area contributed by atoms with Crippen molar-refractivity contribution in [2.45, 2.75) is 38.5 Å². The van der Waals surface area contributed by atoms with E-state index in [-0.39, 0.29) is 24.0 Å². The highest BCUT2D eigenvalue weighted by Gasteiger charge is 2.45. The van der Waals surface area contributed by atoms with Crippen molar-refractivity contribution in [3.8, 4) is 0 Å². The molecule has 0 aromatic heterocycles. The molecule has 2 aliphatic rings. The highest BCUT2D eigenvalue weighted by Crippen LogP contribution is 2.32. The van der Waals surface area contributed by atoms with Crippen molar-refractivity contribution in [2.75, 3.05) is 151 Å². The predicted octanol–water partition coefficient (Wildman–Crippen LogP) is 1.52. The minimum absolute atomic E-state index is 0.0657. The Balaban J connectivity index is 0.999. The van der Waals surface area contributed by atoms with Gasteiger partial charge in [0.25, 0.3) is 11.8 Å². The Kier molecular flexibility index (Phi) is 24.9. The SMILES string of the molecule is C[Si](C)(C)OCCOCCOCCOCCOCCOCCOCCOCCOCCOCCOCCNc1cccc2c1C(=O)N(C1CCC(=O)NC1=O)C2=O. The third-order valence-electron chi connectivity index (χ3n) is 8.14. The van der Waals surface area contributed by atoms with Crippen molar-refractivity contribution < 1.29 is 71.0 Å². The number of rotatable bonds is 36. The van der Waals surface area contributed by atoms with E-state index in [9.17, 15) is 19.2 Å². The Morgan fingerprint density at radius 2 is 0.982 bits per heavy atom. The molecule has 0 bridgehead atoms. The summed E-state index contributed by atoms with van der Waals surface area (Å²) in [5.41, 5.74) is 0.908. The van der Waals surface area contributed by atoms with Crippen LogP contribution in [0, 0.1) is 0 Å².